The average molecular weight is 464 g/mol. The fourth-order valence-corrected chi connectivity index (χ4v) is 5.57. The quantitative estimate of drug-likeness (QED) is 0.550. The van der Waals surface area contributed by atoms with Crippen LogP contribution >= 0.6 is 0 Å². The van der Waals surface area contributed by atoms with E-state index in [4.69, 9.17) is 0 Å². The number of nitrogens with zero attached hydrogens (tertiary/aromatic N) is 2. The van der Waals surface area contributed by atoms with Gasteiger partial charge in [-0.05, 0) is 80.3 Å². The van der Waals surface area contributed by atoms with E-state index in [1.165, 1.54) is 17.1 Å². The van der Waals surface area contributed by atoms with Crippen LogP contribution in [0.2, 0.25) is 0 Å². The Morgan fingerprint density at radius 1 is 0.939 bits per heavy atom. The van der Waals surface area contributed by atoms with Gasteiger partial charge in [0.05, 0.1) is 10.6 Å². The lowest BCUT2D eigenvalue weighted by molar-refractivity contribution is -0.114. The van der Waals surface area contributed by atoms with Gasteiger partial charge in [0, 0.05) is 24.5 Å². The van der Waals surface area contributed by atoms with Crippen LogP contribution in [0.1, 0.15) is 24.0 Å². The van der Waals surface area contributed by atoms with Crippen LogP contribution in [0.4, 0.5) is 17.1 Å². The second-order valence-corrected chi connectivity index (χ2v) is 10.3. The van der Waals surface area contributed by atoms with Gasteiger partial charge >= 0.3 is 0 Å². The van der Waals surface area contributed by atoms with Crippen molar-refractivity contribution in [3.05, 3.63) is 83.9 Å². The van der Waals surface area contributed by atoms with E-state index in [0.29, 0.717) is 11.4 Å². The van der Waals surface area contributed by atoms with Gasteiger partial charge in [-0.15, -0.1) is 0 Å². The first-order chi connectivity index (χ1) is 15.8. The predicted molar refractivity (Wildman–Crippen MR) is 133 cm³/mol. The molecule has 0 atom stereocenters. The second kappa shape index (κ2) is 9.67. The van der Waals surface area contributed by atoms with E-state index in [2.05, 4.69) is 10.2 Å². The van der Waals surface area contributed by atoms with E-state index < -0.39 is 15.9 Å². The maximum Gasteiger partial charge on any atom is 0.264 e. The number of hydrogen-bond acceptors (Lipinski definition) is 4. The fraction of sp³-hybridized carbons (Fsp3) is 0.269. The molecular weight excluding hydrogens is 434 g/mol. The topological polar surface area (TPSA) is 69.7 Å². The monoisotopic (exact) mass is 463 g/mol. The minimum atomic E-state index is -3.93. The van der Waals surface area contributed by atoms with Gasteiger partial charge in [-0.2, -0.15) is 0 Å². The van der Waals surface area contributed by atoms with Crippen LogP contribution in [0.15, 0.2) is 77.7 Å². The van der Waals surface area contributed by atoms with Crippen LogP contribution in [0, 0.1) is 13.8 Å². The molecule has 33 heavy (non-hydrogen) atoms. The van der Waals surface area contributed by atoms with Crippen LogP contribution < -0.4 is 14.5 Å². The number of nitrogens with one attached hydrogen (secondary N) is 1. The first-order valence-corrected chi connectivity index (χ1v) is 12.6. The Bertz CT molecular complexity index is 1220. The number of amides is 1. The van der Waals surface area contributed by atoms with Gasteiger partial charge in [-0.1, -0.05) is 30.3 Å². The summed E-state index contributed by atoms with van der Waals surface area (Å²) in [6, 6.07) is 21.5. The molecule has 0 aromatic heterocycles. The molecule has 0 radical (unpaired) electrons. The van der Waals surface area contributed by atoms with Crippen molar-refractivity contribution in [2.45, 2.75) is 31.6 Å². The lowest BCUT2D eigenvalue weighted by atomic mass is 10.1. The number of anilines is 3. The highest BCUT2D eigenvalue weighted by Gasteiger charge is 2.28. The fourth-order valence-electron chi connectivity index (χ4n) is 4.07. The molecule has 172 valence electrons. The summed E-state index contributed by atoms with van der Waals surface area (Å²) in [6.45, 7) is 5.52. The van der Waals surface area contributed by atoms with Gasteiger partial charge in [-0.25, -0.2) is 8.42 Å². The predicted octanol–water partition coefficient (Wildman–Crippen LogP) is 4.74. The number of carbonyl (C=O) groups is 1. The van der Waals surface area contributed by atoms with Gasteiger partial charge in [0.2, 0.25) is 5.91 Å². The van der Waals surface area contributed by atoms with E-state index >= 15 is 0 Å². The molecule has 1 aliphatic heterocycles. The Balaban J connectivity index is 1.58. The summed E-state index contributed by atoms with van der Waals surface area (Å²) in [5.74, 6) is -0.399. The van der Waals surface area contributed by atoms with Crippen LogP contribution in [0.5, 0.6) is 0 Å². The van der Waals surface area contributed by atoms with Gasteiger partial charge in [-0.3, -0.25) is 9.10 Å². The molecule has 1 N–H and O–H groups in total. The summed E-state index contributed by atoms with van der Waals surface area (Å²) in [5.41, 5.74) is 3.97. The third kappa shape index (κ3) is 5.20. The molecule has 1 saturated heterocycles. The Hall–Kier alpha value is -3.32. The molecule has 0 saturated carbocycles. The lowest BCUT2D eigenvalue weighted by Crippen LogP contribution is -2.38. The van der Waals surface area contributed by atoms with Crippen LogP contribution in [0.25, 0.3) is 0 Å². The lowest BCUT2D eigenvalue weighted by Gasteiger charge is -2.26. The maximum atomic E-state index is 13.5. The first kappa shape index (κ1) is 22.9. The molecule has 0 aliphatic carbocycles. The molecule has 3 aromatic carbocycles. The van der Waals surface area contributed by atoms with E-state index in [0.717, 1.165) is 29.9 Å². The molecule has 0 unspecified atom stereocenters. The number of rotatable bonds is 7. The van der Waals surface area contributed by atoms with E-state index in [1.54, 1.807) is 36.4 Å². The molecule has 4 rings (SSSR count). The van der Waals surface area contributed by atoms with Crippen molar-refractivity contribution in [1.82, 2.24) is 0 Å². The van der Waals surface area contributed by atoms with Crippen molar-refractivity contribution in [3.8, 4) is 0 Å². The highest BCUT2D eigenvalue weighted by atomic mass is 32.2. The summed E-state index contributed by atoms with van der Waals surface area (Å²) >= 11 is 0. The smallest absolute Gasteiger partial charge is 0.264 e. The first-order valence-electron chi connectivity index (χ1n) is 11.1. The third-order valence-electron chi connectivity index (χ3n) is 5.87. The summed E-state index contributed by atoms with van der Waals surface area (Å²) < 4.78 is 28.2. The molecule has 1 aliphatic rings. The van der Waals surface area contributed by atoms with Crippen LogP contribution in [-0.4, -0.2) is 34.0 Å². The molecule has 3 aromatic rings. The van der Waals surface area contributed by atoms with Crippen molar-refractivity contribution >= 4 is 33.0 Å². The van der Waals surface area contributed by atoms with Gasteiger partial charge < -0.3 is 10.2 Å². The van der Waals surface area contributed by atoms with E-state index in [9.17, 15) is 13.2 Å². The molecule has 1 heterocycles. The number of aryl methyl sites for hydroxylation is 2. The maximum absolute atomic E-state index is 13.5. The van der Waals surface area contributed by atoms with Gasteiger partial charge in [0.25, 0.3) is 10.0 Å². The molecule has 6 nitrogen and oxygen atoms in total. The largest absolute Gasteiger partial charge is 0.372 e. The van der Waals surface area contributed by atoms with E-state index in [1.807, 2.05) is 50.2 Å². The summed E-state index contributed by atoms with van der Waals surface area (Å²) in [5, 5.41) is 2.85. The van der Waals surface area contributed by atoms with E-state index in [-0.39, 0.29) is 11.4 Å². The number of benzene rings is 3. The van der Waals surface area contributed by atoms with Gasteiger partial charge in [0.1, 0.15) is 6.54 Å². The van der Waals surface area contributed by atoms with Crippen LogP contribution in [-0.2, 0) is 14.8 Å². The zero-order chi connectivity index (χ0) is 23.4. The van der Waals surface area contributed by atoms with Crippen molar-refractivity contribution < 1.29 is 13.2 Å². The minimum Gasteiger partial charge on any atom is -0.372 e. The number of sulfonamides is 1. The van der Waals surface area contributed by atoms with Crippen molar-refractivity contribution in [3.63, 3.8) is 0 Å². The van der Waals surface area contributed by atoms with Crippen LogP contribution in [0.3, 0.4) is 0 Å². The summed E-state index contributed by atoms with van der Waals surface area (Å²) in [7, 11) is -3.93. The van der Waals surface area contributed by atoms with Crippen molar-refractivity contribution in [2.75, 3.05) is 34.2 Å². The minimum absolute atomic E-state index is 0.147. The van der Waals surface area contributed by atoms with Crippen molar-refractivity contribution in [1.29, 1.82) is 0 Å². The Morgan fingerprint density at radius 2 is 1.61 bits per heavy atom. The third-order valence-corrected chi connectivity index (χ3v) is 7.65. The SMILES string of the molecule is Cc1ccc(C)c(N(CC(=O)Nc2ccc(N3CCCC3)cc2)S(=O)(=O)c2ccccc2)c1. The number of hydrogen-bond donors (Lipinski definition) is 1. The summed E-state index contributed by atoms with van der Waals surface area (Å²) in [6.07, 6.45) is 2.39. The number of carbonyl (C=O) groups excluding carboxylic acids is 1. The summed E-state index contributed by atoms with van der Waals surface area (Å²) in [4.78, 5) is 15.5. The highest BCUT2D eigenvalue weighted by Crippen LogP contribution is 2.28. The van der Waals surface area contributed by atoms with Gasteiger partial charge in [0.15, 0.2) is 0 Å². The Morgan fingerprint density at radius 3 is 2.27 bits per heavy atom. The van der Waals surface area contributed by atoms with Crippen molar-refractivity contribution in [2.24, 2.45) is 0 Å². The normalized spacial score (nSPS) is 13.7. The Kier molecular flexibility index (Phi) is 6.70. The molecular formula is C26H29N3O3S. The average Bonchev–Trinajstić information content (AvgIpc) is 3.35. The highest BCUT2D eigenvalue weighted by molar-refractivity contribution is 7.92. The molecule has 1 fully saturated rings. The zero-order valence-corrected chi connectivity index (χ0v) is 19.8. The standard InChI is InChI=1S/C26H29N3O3S/c1-20-10-11-21(2)25(18-20)29(33(31,32)24-8-4-3-5-9-24)19-26(30)27-22-12-14-23(15-13-22)28-16-6-7-17-28/h3-5,8-15,18H,6-7,16-17,19H2,1-2H3,(H,27,30). The molecule has 7 heteroatoms. The second-order valence-electron chi connectivity index (χ2n) is 8.40. The zero-order valence-electron chi connectivity index (χ0n) is 19.0. The molecule has 0 spiro atoms. The molecule has 1 amide bonds. The molecule has 0 bridgehead atoms. The Labute approximate surface area is 195 Å².